The van der Waals surface area contributed by atoms with E-state index >= 15 is 0 Å². The number of aliphatic imine (C=N–C) groups is 1. The molecule has 0 aliphatic heterocycles. The molecule has 4 rings (SSSR count). The number of nitro groups is 1. The lowest BCUT2D eigenvalue weighted by molar-refractivity contribution is -0.385. The first kappa shape index (κ1) is 19.6. The molecule has 2 aromatic carbocycles. The van der Waals surface area contributed by atoms with E-state index in [0.717, 1.165) is 37.0 Å². The molecular formula is C22H20N2O6. The van der Waals surface area contributed by atoms with E-state index < -0.39 is 22.3 Å². The van der Waals surface area contributed by atoms with Crippen molar-refractivity contribution in [3.8, 4) is 5.75 Å². The van der Waals surface area contributed by atoms with Crippen LogP contribution in [0.3, 0.4) is 0 Å². The van der Waals surface area contributed by atoms with E-state index in [2.05, 4.69) is 4.99 Å². The number of nitrogens with zero attached hydrogens (tertiary/aromatic N) is 2. The monoisotopic (exact) mass is 408 g/mol. The summed E-state index contributed by atoms with van der Waals surface area (Å²) in [5.74, 6) is -0.0470. The molecule has 0 spiro atoms. The lowest BCUT2D eigenvalue weighted by Crippen LogP contribution is -2.03. The predicted octanol–water partition coefficient (Wildman–Crippen LogP) is 4.85. The Hall–Kier alpha value is -3.68. The summed E-state index contributed by atoms with van der Waals surface area (Å²) in [6, 6.07) is 7.73. The van der Waals surface area contributed by atoms with E-state index in [1.165, 1.54) is 12.3 Å². The third kappa shape index (κ3) is 3.52. The molecule has 0 saturated carbocycles. The van der Waals surface area contributed by atoms with Gasteiger partial charge in [-0.25, -0.2) is 4.79 Å². The first-order valence-electron chi connectivity index (χ1n) is 9.75. The van der Waals surface area contributed by atoms with Crippen molar-refractivity contribution in [3.63, 3.8) is 0 Å². The fourth-order valence-electron chi connectivity index (χ4n) is 3.73. The smallest absolute Gasteiger partial charge is 0.338 e. The molecule has 8 heteroatoms. The number of carbonyl (C=O) groups is 1. The summed E-state index contributed by atoms with van der Waals surface area (Å²) in [5.41, 5.74) is 2.12. The van der Waals surface area contributed by atoms with Gasteiger partial charge in [0.2, 0.25) is 5.75 Å². The fraction of sp³-hybridized carbons (Fsp3) is 0.273. The predicted molar refractivity (Wildman–Crippen MR) is 111 cm³/mol. The summed E-state index contributed by atoms with van der Waals surface area (Å²) < 4.78 is 10.8. The van der Waals surface area contributed by atoms with Crippen molar-refractivity contribution in [2.75, 3.05) is 6.61 Å². The van der Waals surface area contributed by atoms with E-state index in [0.29, 0.717) is 22.2 Å². The first-order chi connectivity index (χ1) is 14.5. The third-order valence-corrected chi connectivity index (χ3v) is 5.15. The summed E-state index contributed by atoms with van der Waals surface area (Å²) in [5, 5.41) is 22.7. The number of phenols is 1. The number of carbonyl (C=O) groups excluding carboxylic acids is 1. The van der Waals surface area contributed by atoms with Crippen LogP contribution in [-0.2, 0) is 17.6 Å². The number of aryl methyl sites for hydroxylation is 2. The van der Waals surface area contributed by atoms with Crippen LogP contribution in [0.5, 0.6) is 5.75 Å². The van der Waals surface area contributed by atoms with Gasteiger partial charge in [-0.05, 0) is 50.5 Å². The lowest BCUT2D eigenvalue weighted by Gasteiger charge is -2.10. The van der Waals surface area contributed by atoms with Gasteiger partial charge >= 0.3 is 11.7 Å². The first-order valence-corrected chi connectivity index (χ1v) is 9.75. The molecule has 0 bridgehead atoms. The maximum absolute atomic E-state index is 11.8. The average molecular weight is 408 g/mol. The number of hydrogen-bond acceptors (Lipinski definition) is 7. The van der Waals surface area contributed by atoms with Crippen molar-refractivity contribution in [1.29, 1.82) is 0 Å². The number of ether oxygens (including phenoxy) is 1. The van der Waals surface area contributed by atoms with Crippen LogP contribution >= 0.6 is 0 Å². The van der Waals surface area contributed by atoms with Crippen LogP contribution < -0.4 is 0 Å². The molecule has 1 heterocycles. The van der Waals surface area contributed by atoms with E-state index in [1.54, 1.807) is 31.2 Å². The van der Waals surface area contributed by atoms with Gasteiger partial charge in [-0.15, -0.1) is 0 Å². The van der Waals surface area contributed by atoms with Crippen LogP contribution in [0, 0.1) is 10.1 Å². The maximum Gasteiger partial charge on any atom is 0.338 e. The number of fused-ring (bicyclic) bond motifs is 3. The Labute approximate surface area is 171 Å². The number of rotatable bonds is 5. The molecule has 0 saturated heterocycles. The van der Waals surface area contributed by atoms with Crippen molar-refractivity contribution in [1.82, 2.24) is 0 Å². The number of furan rings is 1. The minimum atomic E-state index is -0.637. The molecule has 1 aliphatic carbocycles. The average Bonchev–Trinajstić information content (AvgIpc) is 3.11. The van der Waals surface area contributed by atoms with Crippen molar-refractivity contribution in [2.24, 2.45) is 4.99 Å². The normalized spacial score (nSPS) is 13.5. The molecular weight excluding hydrogens is 388 g/mol. The van der Waals surface area contributed by atoms with Gasteiger partial charge in [0.1, 0.15) is 11.3 Å². The van der Waals surface area contributed by atoms with Gasteiger partial charge in [0, 0.05) is 23.6 Å². The molecule has 0 fully saturated rings. The molecule has 0 unspecified atom stereocenters. The second kappa shape index (κ2) is 7.98. The fourth-order valence-corrected chi connectivity index (χ4v) is 3.73. The van der Waals surface area contributed by atoms with Gasteiger partial charge < -0.3 is 14.3 Å². The highest BCUT2D eigenvalue weighted by Crippen LogP contribution is 2.41. The quantitative estimate of drug-likeness (QED) is 0.279. The molecule has 8 nitrogen and oxygen atoms in total. The highest BCUT2D eigenvalue weighted by Gasteiger charge is 2.27. The highest BCUT2D eigenvalue weighted by atomic mass is 16.6. The Bertz CT molecular complexity index is 1160. The standard InChI is InChI=1S/C22H20N2O6/c1-2-29-22(26)13-7-9-14(10-8-13)23-12-16-20-15-5-3-4-6-18(15)30-19(20)11-17(21(16)25)24(27)28/h7-12,25H,2-6H2,1H3. The Morgan fingerprint density at radius 2 is 2.03 bits per heavy atom. The van der Waals surface area contributed by atoms with E-state index in [-0.39, 0.29) is 12.2 Å². The molecule has 1 N–H and O–H groups in total. The van der Waals surface area contributed by atoms with Gasteiger partial charge in [-0.3, -0.25) is 15.1 Å². The highest BCUT2D eigenvalue weighted by molar-refractivity contribution is 6.05. The van der Waals surface area contributed by atoms with E-state index in [1.807, 2.05) is 0 Å². The topological polar surface area (TPSA) is 115 Å². The lowest BCUT2D eigenvalue weighted by atomic mass is 9.93. The SMILES string of the molecule is CCOC(=O)c1ccc(N=Cc2c(O)c([N+](=O)[O-])cc3oc4c(c23)CCCC4)cc1. The zero-order valence-electron chi connectivity index (χ0n) is 16.4. The molecule has 154 valence electrons. The Morgan fingerprint density at radius 3 is 2.73 bits per heavy atom. The van der Waals surface area contributed by atoms with Crippen molar-refractivity contribution < 1.29 is 24.0 Å². The van der Waals surface area contributed by atoms with Crippen LogP contribution in [-0.4, -0.2) is 28.8 Å². The second-order valence-corrected chi connectivity index (χ2v) is 7.02. The largest absolute Gasteiger partial charge is 0.502 e. The van der Waals surface area contributed by atoms with Crippen LogP contribution in [0.4, 0.5) is 11.4 Å². The molecule has 1 aliphatic rings. The Balaban J connectivity index is 1.77. The van der Waals surface area contributed by atoms with Crippen LogP contribution in [0.1, 0.15) is 47.0 Å². The van der Waals surface area contributed by atoms with Crippen LogP contribution in [0.15, 0.2) is 39.7 Å². The second-order valence-electron chi connectivity index (χ2n) is 7.02. The third-order valence-electron chi connectivity index (χ3n) is 5.15. The zero-order chi connectivity index (χ0) is 21.3. The number of esters is 1. The molecule has 30 heavy (non-hydrogen) atoms. The number of nitro benzene ring substituents is 1. The van der Waals surface area contributed by atoms with Gasteiger partial charge in [-0.1, -0.05) is 0 Å². The van der Waals surface area contributed by atoms with E-state index in [9.17, 15) is 20.0 Å². The molecule has 1 aromatic heterocycles. The molecule has 3 aromatic rings. The van der Waals surface area contributed by atoms with Gasteiger partial charge in [0.05, 0.1) is 34.4 Å². The molecule has 0 amide bonds. The van der Waals surface area contributed by atoms with E-state index in [4.69, 9.17) is 9.15 Å². The Morgan fingerprint density at radius 1 is 1.30 bits per heavy atom. The zero-order valence-corrected chi connectivity index (χ0v) is 16.4. The van der Waals surface area contributed by atoms with Gasteiger partial charge in [0.25, 0.3) is 0 Å². The maximum atomic E-state index is 11.8. The van der Waals surface area contributed by atoms with Crippen molar-refractivity contribution in [2.45, 2.75) is 32.6 Å². The van der Waals surface area contributed by atoms with Gasteiger partial charge in [-0.2, -0.15) is 0 Å². The summed E-state index contributed by atoms with van der Waals surface area (Å²) in [4.78, 5) is 26.9. The van der Waals surface area contributed by atoms with Crippen LogP contribution in [0.2, 0.25) is 0 Å². The van der Waals surface area contributed by atoms with Gasteiger partial charge in [0.15, 0.2) is 0 Å². The number of aromatic hydroxyl groups is 1. The summed E-state index contributed by atoms with van der Waals surface area (Å²) in [6.45, 7) is 2.02. The summed E-state index contributed by atoms with van der Waals surface area (Å²) in [7, 11) is 0. The van der Waals surface area contributed by atoms with Crippen molar-refractivity contribution in [3.05, 3.63) is 62.9 Å². The summed E-state index contributed by atoms with van der Waals surface area (Å²) in [6.07, 6.45) is 4.95. The molecule has 0 radical (unpaired) electrons. The number of hydrogen-bond donors (Lipinski definition) is 1. The number of phenolic OH excluding ortho intramolecular Hbond substituents is 1. The summed E-state index contributed by atoms with van der Waals surface area (Å²) >= 11 is 0. The minimum Gasteiger partial charge on any atom is -0.502 e. The van der Waals surface area contributed by atoms with Crippen LogP contribution in [0.25, 0.3) is 11.0 Å². The Kier molecular flexibility index (Phi) is 5.22. The minimum absolute atomic E-state index is 0.264. The van der Waals surface area contributed by atoms with Crippen molar-refractivity contribution >= 4 is 34.5 Å². The number of benzene rings is 2. The molecule has 0 atom stereocenters.